The monoisotopic (exact) mass is 873 g/mol. The summed E-state index contributed by atoms with van der Waals surface area (Å²) in [6.07, 6.45) is -19.5. The minimum Gasteiger partial charge on any atom is -0.394 e. The van der Waals surface area contributed by atoms with Crippen LogP contribution in [0.25, 0.3) is 0 Å². The molecule has 16 N–H and O–H groups in total. The molecule has 8 unspecified atom stereocenters. The van der Waals surface area contributed by atoms with E-state index in [1.807, 2.05) is 0 Å². The molecule has 4 aliphatic rings. The average molecular weight is 874 g/mol. The van der Waals surface area contributed by atoms with E-state index in [9.17, 15) is 66.1 Å². The quantitative estimate of drug-likeness (QED) is 0.108. The number of thioether (sulfide) groups is 1. The fraction of sp³-hybridized carbons (Fsp3) is 0.971. The zero-order valence-electron chi connectivity index (χ0n) is 33.5. The molecule has 4 saturated heterocycles. The van der Waals surface area contributed by atoms with E-state index in [0.717, 1.165) is 0 Å². The molecule has 0 bridgehead atoms. The van der Waals surface area contributed by atoms with Gasteiger partial charge < -0.3 is 110 Å². The number of rotatable bonds is 8. The molecule has 4 heterocycles. The molecule has 24 heteroatoms. The van der Waals surface area contributed by atoms with Crippen molar-refractivity contribution in [3.63, 3.8) is 0 Å². The van der Waals surface area contributed by atoms with Gasteiger partial charge in [0.05, 0.1) is 32.5 Å². The fourth-order valence-electron chi connectivity index (χ4n) is 6.37. The first-order valence-electron chi connectivity index (χ1n) is 18.5. The van der Waals surface area contributed by atoms with Crippen LogP contribution in [-0.2, 0) is 28.5 Å². The Kier molecular flexibility index (Phi) is 23.9. The molecule has 0 aromatic heterocycles. The molecular weight excluding hydrogens is 806 g/mol. The molecule has 0 spiro atoms. The van der Waals surface area contributed by atoms with Gasteiger partial charge in [-0.1, -0.05) is 6.92 Å². The van der Waals surface area contributed by atoms with Gasteiger partial charge in [-0.3, -0.25) is 4.79 Å². The summed E-state index contributed by atoms with van der Waals surface area (Å²) >= 11 is 1.22. The lowest BCUT2D eigenvalue weighted by atomic mass is 9.94. The molecule has 346 valence electrons. The van der Waals surface area contributed by atoms with Crippen LogP contribution in [0.1, 0.15) is 41.0 Å². The lowest BCUT2D eigenvalue weighted by molar-refractivity contribution is -0.294. The third-order valence-corrected chi connectivity index (χ3v) is 10.6. The van der Waals surface area contributed by atoms with Crippen molar-refractivity contribution < 1.29 is 110 Å². The molecule has 20 atom stereocenters. The highest BCUT2D eigenvalue weighted by Gasteiger charge is 2.49. The summed E-state index contributed by atoms with van der Waals surface area (Å²) < 4.78 is 25.3. The molecule has 0 saturated carbocycles. The molecule has 4 aliphatic heterocycles. The Bertz CT molecular complexity index is 1010. The van der Waals surface area contributed by atoms with Crippen LogP contribution in [0, 0.1) is 0 Å². The van der Waals surface area contributed by atoms with E-state index in [4.69, 9.17) is 44.1 Å². The molecule has 0 aromatic rings. The van der Waals surface area contributed by atoms with Gasteiger partial charge in [0.15, 0.2) is 12.5 Å². The van der Waals surface area contributed by atoms with Gasteiger partial charge in [-0.25, -0.2) is 0 Å². The van der Waals surface area contributed by atoms with Crippen LogP contribution in [-0.4, -0.2) is 260 Å². The Hall–Kier alpha value is -1.02. The zero-order chi connectivity index (χ0) is 45.0. The second-order valence-corrected chi connectivity index (χ2v) is 15.9. The molecule has 23 nitrogen and oxygen atoms in total. The number of aliphatic hydroxyl groups is 16. The highest BCUT2D eigenvalue weighted by atomic mass is 32.2. The number of hydrogen-bond acceptors (Lipinski definition) is 23. The maximum absolute atomic E-state index is 11.7. The van der Waals surface area contributed by atoms with Crippen molar-refractivity contribution >= 4 is 17.7 Å². The minimum atomic E-state index is -1.49. The summed E-state index contributed by atoms with van der Waals surface area (Å²) in [5.41, 5.74) is -1.24. The Morgan fingerprint density at radius 1 is 0.552 bits per heavy atom. The van der Waals surface area contributed by atoms with Crippen LogP contribution in [0.15, 0.2) is 0 Å². The summed E-state index contributed by atoms with van der Waals surface area (Å²) in [4.78, 5) is 13.0. The van der Waals surface area contributed by atoms with Crippen molar-refractivity contribution in [1.29, 1.82) is 0 Å². The summed E-state index contributed by atoms with van der Waals surface area (Å²) in [6.45, 7) is 6.71. The number of aliphatic hydroxyl groups excluding tert-OH is 16. The Morgan fingerprint density at radius 3 is 1.29 bits per heavy atom. The predicted molar refractivity (Wildman–Crippen MR) is 198 cm³/mol. The molecule has 0 aliphatic carbocycles. The van der Waals surface area contributed by atoms with Crippen molar-refractivity contribution in [2.24, 2.45) is 0 Å². The third kappa shape index (κ3) is 14.0. The third-order valence-electron chi connectivity index (χ3n) is 9.74. The largest absolute Gasteiger partial charge is 0.394 e. The summed E-state index contributed by atoms with van der Waals surface area (Å²) in [7, 11) is 1.30. The topological polar surface area (TPSA) is 390 Å². The highest BCUT2D eigenvalue weighted by Crippen LogP contribution is 2.29. The van der Waals surface area contributed by atoms with Crippen molar-refractivity contribution in [3.8, 4) is 0 Å². The van der Waals surface area contributed by atoms with Crippen molar-refractivity contribution in [2.45, 2.75) is 168 Å². The molecule has 4 fully saturated rings. The average Bonchev–Trinajstić information content (AvgIpc) is 3.19. The first kappa shape index (κ1) is 55.0. The second-order valence-electron chi connectivity index (χ2n) is 14.9. The second kappa shape index (κ2) is 25.2. The smallest absolute Gasteiger partial charge is 0.221 e. The summed E-state index contributed by atoms with van der Waals surface area (Å²) in [5, 5.41) is 149. The summed E-state index contributed by atoms with van der Waals surface area (Å²) in [6, 6.07) is 0. The standard InChI is InChI=1S/C12H23NO6.C8H16O5.C7H14O6.C7H14O5S/c1-6(15)13(12(2,3)4)11-10(18)9(17)8(16)7(5-14)19-11;1-2-4-6(10)8(12)7(11)5(3-9)13-4;1-12-7-6(11)5(10)4(9)3(2-8)13-7;1-13-7-6(11)5(10)4(9)3(2-8)12-7/h7-11,14,16-18H,5H2,1-4H3;4-12H,2-3H2,1H3;2*3-11H,2H2,1H3/t7?,8-,9-,10?,11+;4-,5?,6?,7-,8+;3?,4-,5-,6?,7+;3?,4-,5-,6?,7-/m0000/s1. The molecular formula is C34H67NO22S. The first-order chi connectivity index (χ1) is 26.9. The van der Waals surface area contributed by atoms with Crippen LogP contribution in [0.4, 0.5) is 0 Å². The van der Waals surface area contributed by atoms with Gasteiger partial charge in [-0.05, 0) is 33.4 Å². The highest BCUT2D eigenvalue weighted by molar-refractivity contribution is 7.99. The van der Waals surface area contributed by atoms with Crippen molar-refractivity contribution in [2.75, 3.05) is 39.8 Å². The van der Waals surface area contributed by atoms with E-state index in [1.54, 1.807) is 34.0 Å². The number of ether oxygens (including phenoxy) is 5. The van der Waals surface area contributed by atoms with Gasteiger partial charge in [-0.2, -0.15) is 0 Å². The van der Waals surface area contributed by atoms with E-state index < -0.39 is 140 Å². The van der Waals surface area contributed by atoms with E-state index >= 15 is 0 Å². The molecule has 1 amide bonds. The summed E-state index contributed by atoms with van der Waals surface area (Å²) in [5.74, 6) is -0.336. The first-order valence-corrected chi connectivity index (χ1v) is 19.8. The normalized spacial score (nSPS) is 43.0. The Morgan fingerprint density at radius 2 is 0.914 bits per heavy atom. The van der Waals surface area contributed by atoms with E-state index in [-0.39, 0.29) is 19.1 Å². The zero-order valence-corrected chi connectivity index (χ0v) is 34.4. The molecule has 0 aromatic carbocycles. The SMILES string of the molecule is CC(=O)N([C@@H]1OC(CO)[C@H](O)[C@H](O)C1O)C(C)(C)C.CC[C@@H]1OC(CO)[C@H](O)[C@H](O)C1O.CO[C@@H]1OC(CO)[C@H](O)[C@H](O)C1O.CS[C@@H]1OC(CO)[C@H](O)[C@H](O)C1O. The number of nitrogens with zero attached hydrogens (tertiary/aromatic N) is 1. The van der Waals surface area contributed by atoms with Crippen LogP contribution in [0.3, 0.4) is 0 Å². The van der Waals surface area contributed by atoms with Gasteiger partial charge in [0.2, 0.25) is 5.91 Å². The van der Waals surface area contributed by atoms with E-state index in [2.05, 4.69) is 0 Å². The van der Waals surface area contributed by atoms with Gasteiger partial charge in [0.25, 0.3) is 0 Å². The Labute approximate surface area is 340 Å². The number of carbonyl (C=O) groups excluding carboxylic acids is 1. The lowest BCUT2D eigenvalue weighted by Gasteiger charge is -2.48. The van der Waals surface area contributed by atoms with E-state index in [1.165, 1.54) is 30.7 Å². The van der Waals surface area contributed by atoms with E-state index in [0.29, 0.717) is 6.42 Å². The van der Waals surface area contributed by atoms with Crippen molar-refractivity contribution in [1.82, 2.24) is 4.90 Å². The van der Waals surface area contributed by atoms with Gasteiger partial charge >= 0.3 is 0 Å². The number of amides is 1. The minimum absolute atomic E-state index is 0.336. The molecule has 58 heavy (non-hydrogen) atoms. The molecule has 0 radical (unpaired) electrons. The Balaban J connectivity index is 0.000000393. The lowest BCUT2D eigenvalue weighted by Crippen LogP contribution is -2.66. The number of carbonyl (C=O) groups is 1. The predicted octanol–water partition coefficient (Wildman–Crippen LogP) is -7.75. The van der Waals surface area contributed by atoms with Gasteiger partial charge in [0.1, 0.15) is 103 Å². The van der Waals surface area contributed by atoms with Gasteiger partial charge in [0, 0.05) is 19.6 Å². The molecule has 4 rings (SSSR count). The van der Waals surface area contributed by atoms with Crippen LogP contribution in [0.2, 0.25) is 0 Å². The van der Waals surface area contributed by atoms with Crippen LogP contribution >= 0.6 is 11.8 Å². The van der Waals surface area contributed by atoms with Gasteiger partial charge in [-0.15, -0.1) is 11.8 Å². The fourth-order valence-corrected chi connectivity index (χ4v) is 7.06. The van der Waals surface area contributed by atoms with Crippen LogP contribution in [0.5, 0.6) is 0 Å². The maximum atomic E-state index is 11.7. The maximum Gasteiger partial charge on any atom is 0.221 e. The van der Waals surface area contributed by atoms with Crippen LogP contribution < -0.4 is 0 Å². The van der Waals surface area contributed by atoms with Crippen molar-refractivity contribution in [3.05, 3.63) is 0 Å². The number of hydrogen-bond donors (Lipinski definition) is 16. The number of methoxy groups -OCH3 is 1.